The van der Waals surface area contributed by atoms with Crippen molar-refractivity contribution < 1.29 is 19.4 Å². The van der Waals surface area contributed by atoms with Crippen molar-refractivity contribution in [3.05, 3.63) is 66.1 Å². The molecule has 8 heteroatoms. The first-order valence-corrected chi connectivity index (χ1v) is 10.5. The number of carbonyl (C=O) groups excluding carboxylic acids is 2. The number of hydrogen-bond donors (Lipinski definition) is 1. The molecule has 1 N–H and O–H groups in total. The van der Waals surface area contributed by atoms with Crippen LogP contribution in [0.25, 0.3) is 22.6 Å². The van der Waals surface area contributed by atoms with E-state index in [1.54, 1.807) is 44.4 Å². The van der Waals surface area contributed by atoms with Crippen LogP contribution in [0.15, 0.2) is 54.9 Å². The first-order valence-electron chi connectivity index (χ1n) is 10.5. The van der Waals surface area contributed by atoms with Gasteiger partial charge in [0, 0.05) is 49.1 Å². The lowest BCUT2D eigenvalue weighted by atomic mass is 10.0. The second-order valence-corrected chi connectivity index (χ2v) is 7.58. The summed E-state index contributed by atoms with van der Waals surface area (Å²) in [6.45, 7) is 2.47. The molecule has 1 aliphatic rings. The standard InChI is InChI=1S/C25H22N4O4/c1-3-33-23(30)21-16-19(8-12-26-21)22-27-13-9-20(28-22)18-6-4-5-17(15-18)7-10-25(32)11-14-29(2)24(25)31/h4-6,8-9,12-13,15-16,32H,3,11,14H2,1-2H3/t25-/m0/s1. The van der Waals surface area contributed by atoms with E-state index >= 15 is 0 Å². The summed E-state index contributed by atoms with van der Waals surface area (Å²) in [5, 5.41) is 10.5. The van der Waals surface area contributed by atoms with E-state index in [1.807, 2.05) is 18.2 Å². The van der Waals surface area contributed by atoms with Gasteiger partial charge >= 0.3 is 5.97 Å². The van der Waals surface area contributed by atoms with Gasteiger partial charge in [-0.1, -0.05) is 24.0 Å². The highest BCUT2D eigenvalue weighted by molar-refractivity contribution is 5.90. The fraction of sp³-hybridized carbons (Fsp3) is 0.240. The highest BCUT2D eigenvalue weighted by atomic mass is 16.5. The van der Waals surface area contributed by atoms with E-state index in [-0.39, 0.29) is 24.6 Å². The van der Waals surface area contributed by atoms with Gasteiger partial charge < -0.3 is 14.7 Å². The molecule has 2 aromatic heterocycles. The first kappa shape index (κ1) is 22.1. The van der Waals surface area contributed by atoms with Gasteiger partial charge in [-0.2, -0.15) is 0 Å². The van der Waals surface area contributed by atoms with Gasteiger partial charge in [0.05, 0.1) is 12.3 Å². The topological polar surface area (TPSA) is 106 Å². The Morgan fingerprint density at radius 3 is 2.76 bits per heavy atom. The molecule has 4 rings (SSSR count). The summed E-state index contributed by atoms with van der Waals surface area (Å²) in [5.74, 6) is 5.19. The van der Waals surface area contributed by atoms with Crippen LogP contribution in [0.4, 0.5) is 0 Å². The van der Waals surface area contributed by atoms with Crippen LogP contribution < -0.4 is 0 Å². The largest absolute Gasteiger partial charge is 0.461 e. The van der Waals surface area contributed by atoms with Gasteiger partial charge in [0.15, 0.2) is 5.82 Å². The van der Waals surface area contributed by atoms with Gasteiger partial charge in [-0.25, -0.2) is 19.7 Å². The van der Waals surface area contributed by atoms with E-state index in [2.05, 4.69) is 26.8 Å². The third kappa shape index (κ3) is 4.73. The van der Waals surface area contributed by atoms with E-state index in [0.717, 1.165) is 5.56 Å². The van der Waals surface area contributed by atoms with Gasteiger partial charge in [0.2, 0.25) is 5.60 Å². The Morgan fingerprint density at radius 1 is 1.18 bits per heavy atom. The average molecular weight is 442 g/mol. The predicted octanol–water partition coefficient (Wildman–Crippen LogP) is 2.33. The lowest BCUT2D eigenvalue weighted by Gasteiger charge is -2.13. The molecule has 0 spiro atoms. The van der Waals surface area contributed by atoms with E-state index < -0.39 is 11.6 Å². The Bertz CT molecular complexity index is 1280. The van der Waals surface area contributed by atoms with Crippen molar-refractivity contribution in [2.45, 2.75) is 18.9 Å². The molecule has 3 aromatic rings. The molecular formula is C25H22N4O4. The summed E-state index contributed by atoms with van der Waals surface area (Å²) in [4.78, 5) is 38.6. The first-order chi connectivity index (χ1) is 15.9. The molecule has 0 radical (unpaired) electrons. The van der Waals surface area contributed by atoms with Crippen molar-refractivity contribution in [1.29, 1.82) is 0 Å². The Labute approximate surface area is 191 Å². The molecule has 1 amide bonds. The third-order valence-corrected chi connectivity index (χ3v) is 5.24. The lowest BCUT2D eigenvalue weighted by Crippen LogP contribution is -2.37. The summed E-state index contributed by atoms with van der Waals surface area (Å²) < 4.78 is 5.01. The molecule has 1 aromatic carbocycles. The normalized spacial score (nSPS) is 17.4. The van der Waals surface area contributed by atoms with Crippen LogP contribution in [0.2, 0.25) is 0 Å². The SMILES string of the molecule is CCOC(=O)c1cc(-c2nccc(-c3cccc(C#C[C@]4(O)CCN(C)C4=O)c3)n2)ccn1. The number of amides is 1. The Hall–Kier alpha value is -4.09. The predicted molar refractivity (Wildman–Crippen MR) is 121 cm³/mol. The monoisotopic (exact) mass is 442 g/mol. The molecule has 1 fully saturated rings. The van der Waals surface area contributed by atoms with Crippen molar-refractivity contribution in [3.63, 3.8) is 0 Å². The van der Waals surface area contributed by atoms with Gasteiger partial charge in [-0.15, -0.1) is 0 Å². The number of rotatable bonds is 4. The van der Waals surface area contributed by atoms with Crippen LogP contribution in [-0.2, 0) is 9.53 Å². The van der Waals surface area contributed by atoms with Crippen LogP contribution in [0.3, 0.4) is 0 Å². The summed E-state index contributed by atoms with van der Waals surface area (Å²) in [5.41, 5.74) is 1.28. The molecule has 1 atom stereocenters. The van der Waals surface area contributed by atoms with Crippen molar-refractivity contribution in [1.82, 2.24) is 19.9 Å². The fourth-order valence-electron chi connectivity index (χ4n) is 3.45. The van der Waals surface area contributed by atoms with Crippen LogP contribution in [-0.4, -0.2) is 62.6 Å². The Balaban J connectivity index is 1.62. The van der Waals surface area contributed by atoms with E-state index in [9.17, 15) is 14.7 Å². The molecule has 0 bridgehead atoms. The molecule has 166 valence electrons. The fourth-order valence-corrected chi connectivity index (χ4v) is 3.45. The van der Waals surface area contributed by atoms with Gasteiger partial charge in [-0.3, -0.25) is 4.79 Å². The molecule has 1 aliphatic heterocycles. The lowest BCUT2D eigenvalue weighted by molar-refractivity contribution is -0.137. The molecular weight excluding hydrogens is 420 g/mol. The van der Waals surface area contributed by atoms with Gasteiger partial charge in [-0.05, 0) is 37.3 Å². The smallest absolute Gasteiger partial charge is 0.356 e. The number of aromatic nitrogens is 3. The summed E-state index contributed by atoms with van der Waals surface area (Å²) in [6, 6.07) is 12.4. The average Bonchev–Trinajstić information content (AvgIpc) is 3.11. The highest BCUT2D eigenvalue weighted by Crippen LogP contribution is 2.23. The molecule has 0 saturated carbocycles. The minimum atomic E-state index is -1.65. The zero-order valence-electron chi connectivity index (χ0n) is 18.3. The van der Waals surface area contributed by atoms with Crippen LogP contribution >= 0.6 is 0 Å². The molecule has 0 unspecified atom stereocenters. The van der Waals surface area contributed by atoms with Crippen molar-refractivity contribution in [3.8, 4) is 34.5 Å². The number of hydrogen-bond acceptors (Lipinski definition) is 7. The summed E-state index contributed by atoms with van der Waals surface area (Å²) >= 11 is 0. The number of benzene rings is 1. The minimum Gasteiger partial charge on any atom is -0.461 e. The molecule has 1 saturated heterocycles. The zero-order chi connectivity index (χ0) is 23.4. The number of nitrogens with zero attached hydrogens (tertiary/aromatic N) is 4. The van der Waals surface area contributed by atoms with Crippen LogP contribution in [0.1, 0.15) is 29.4 Å². The zero-order valence-corrected chi connectivity index (χ0v) is 18.3. The quantitative estimate of drug-likeness (QED) is 0.488. The van der Waals surface area contributed by atoms with Crippen molar-refractivity contribution in [2.75, 3.05) is 20.2 Å². The minimum absolute atomic E-state index is 0.186. The second kappa shape index (κ2) is 9.18. The third-order valence-electron chi connectivity index (χ3n) is 5.24. The number of pyridine rings is 1. The highest BCUT2D eigenvalue weighted by Gasteiger charge is 2.42. The van der Waals surface area contributed by atoms with Crippen molar-refractivity contribution in [2.24, 2.45) is 0 Å². The van der Waals surface area contributed by atoms with E-state index in [4.69, 9.17) is 4.74 Å². The maximum Gasteiger partial charge on any atom is 0.356 e. The maximum atomic E-state index is 12.1. The number of likely N-dealkylation sites (tertiary alicyclic amines) is 1. The maximum absolute atomic E-state index is 12.1. The molecule has 3 heterocycles. The van der Waals surface area contributed by atoms with Crippen molar-refractivity contribution >= 4 is 11.9 Å². The van der Waals surface area contributed by atoms with Gasteiger partial charge in [0.1, 0.15) is 5.69 Å². The summed E-state index contributed by atoms with van der Waals surface area (Å²) in [6.07, 6.45) is 3.43. The van der Waals surface area contributed by atoms with Crippen LogP contribution in [0, 0.1) is 11.8 Å². The molecule has 8 nitrogen and oxygen atoms in total. The number of carbonyl (C=O) groups is 2. The number of ether oxygens (including phenoxy) is 1. The van der Waals surface area contributed by atoms with E-state index in [0.29, 0.717) is 29.2 Å². The van der Waals surface area contributed by atoms with E-state index in [1.165, 1.54) is 11.1 Å². The number of esters is 1. The Morgan fingerprint density at radius 2 is 2.00 bits per heavy atom. The molecule has 0 aliphatic carbocycles. The Kier molecular flexibility index (Phi) is 6.16. The summed E-state index contributed by atoms with van der Waals surface area (Å²) in [7, 11) is 1.65. The number of aliphatic hydroxyl groups is 1. The van der Waals surface area contributed by atoms with Gasteiger partial charge in [0.25, 0.3) is 5.91 Å². The molecule has 33 heavy (non-hydrogen) atoms. The second-order valence-electron chi connectivity index (χ2n) is 7.58. The number of likely N-dealkylation sites (N-methyl/N-ethyl adjacent to an activating group) is 1. The van der Waals surface area contributed by atoms with Crippen LogP contribution in [0.5, 0.6) is 0 Å².